The van der Waals surface area contributed by atoms with E-state index in [-0.39, 0.29) is 16.2 Å². The van der Waals surface area contributed by atoms with Crippen molar-refractivity contribution in [2.24, 2.45) is 0 Å². The fraction of sp³-hybridized carbons (Fsp3) is 0.206. The molecule has 1 spiro atoms. The minimum Gasteiger partial charge on any atom is -0.310 e. The predicted molar refractivity (Wildman–Crippen MR) is 290 cm³/mol. The van der Waals surface area contributed by atoms with Crippen LogP contribution in [0.1, 0.15) is 124 Å². The fourth-order valence-electron chi connectivity index (χ4n) is 13.3. The second-order valence-electron chi connectivity index (χ2n) is 23.0. The first kappa shape index (κ1) is 41.9. The number of fused-ring (bicyclic) bond motifs is 16. The molecule has 1 unspecified atom stereocenters. The number of hydrogen-bond donors (Lipinski definition) is 0. The van der Waals surface area contributed by atoms with E-state index in [0.717, 1.165) is 5.69 Å². The molecule has 0 N–H and O–H groups in total. The molecule has 9 aromatic rings. The smallest absolute Gasteiger partial charge is 0.0726 e. The summed E-state index contributed by atoms with van der Waals surface area (Å²) in [4.78, 5) is 2.65. The van der Waals surface area contributed by atoms with Gasteiger partial charge in [-0.1, -0.05) is 219 Å². The highest BCUT2D eigenvalue weighted by Gasteiger charge is 2.52. The van der Waals surface area contributed by atoms with Crippen LogP contribution in [0.25, 0.3) is 44.5 Å². The number of rotatable bonds is 4. The third kappa shape index (κ3) is 5.59. The van der Waals surface area contributed by atoms with Crippen LogP contribution in [0.15, 0.2) is 194 Å². The second kappa shape index (κ2) is 14.2. The van der Waals surface area contributed by atoms with Crippen LogP contribution in [-0.2, 0) is 27.1 Å². The zero-order valence-electron chi connectivity index (χ0n) is 41.4. The molecule has 336 valence electrons. The van der Waals surface area contributed by atoms with Crippen LogP contribution in [0.5, 0.6) is 0 Å². The van der Waals surface area contributed by atoms with Gasteiger partial charge in [0.2, 0.25) is 0 Å². The Morgan fingerprint density at radius 1 is 0.333 bits per heavy atom. The van der Waals surface area contributed by atoms with Gasteiger partial charge in [0.15, 0.2) is 0 Å². The van der Waals surface area contributed by atoms with Gasteiger partial charge in [-0.05, 0) is 148 Å². The molecule has 0 aromatic heterocycles. The Balaban J connectivity index is 1.15. The van der Waals surface area contributed by atoms with Gasteiger partial charge in [0.25, 0.3) is 0 Å². The van der Waals surface area contributed by atoms with Crippen LogP contribution < -0.4 is 4.90 Å². The van der Waals surface area contributed by atoms with E-state index < -0.39 is 10.8 Å². The van der Waals surface area contributed by atoms with E-state index >= 15 is 0 Å². The Morgan fingerprint density at radius 3 is 1.32 bits per heavy atom. The highest BCUT2D eigenvalue weighted by Crippen LogP contribution is 2.65. The van der Waals surface area contributed by atoms with E-state index in [2.05, 4.69) is 261 Å². The first-order valence-electron chi connectivity index (χ1n) is 25.0. The van der Waals surface area contributed by atoms with E-state index in [4.69, 9.17) is 0 Å². The highest BCUT2D eigenvalue weighted by atomic mass is 15.1. The summed E-state index contributed by atoms with van der Waals surface area (Å²) in [5.74, 6) is 0. The summed E-state index contributed by atoms with van der Waals surface area (Å²) in [7, 11) is 0. The quantitative estimate of drug-likeness (QED) is 0.170. The van der Waals surface area contributed by atoms with Gasteiger partial charge < -0.3 is 4.90 Å². The van der Waals surface area contributed by atoms with E-state index in [1.54, 1.807) is 0 Å². The lowest BCUT2D eigenvalue weighted by Gasteiger charge is -2.35. The summed E-state index contributed by atoms with van der Waals surface area (Å²) in [6.45, 7) is 21.5. The largest absolute Gasteiger partial charge is 0.310 e. The molecule has 4 aliphatic rings. The Morgan fingerprint density at radius 2 is 0.768 bits per heavy atom. The van der Waals surface area contributed by atoms with Gasteiger partial charge in [-0.3, -0.25) is 0 Å². The van der Waals surface area contributed by atoms with Crippen LogP contribution in [-0.4, -0.2) is 0 Å². The number of anilines is 3. The van der Waals surface area contributed by atoms with Crippen molar-refractivity contribution in [2.75, 3.05) is 4.90 Å². The van der Waals surface area contributed by atoms with Gasteiger partial charge >= 0.3 is 0 Å². The molecule has 13 rings (SSSR count). The van der Waals surface area contributed by atoms with Crippen molar-refractivity contribution in [1.82, 2.24) is 0 Å². The summed E-state index contributed by atoms with van der Waals surface area (Å²) in [6.07, 6.45) is 0. The highest BCUT2D eigenvalue weighted by molar-refractivity contribution is 6.00. The maximum absolute atomic E-state index is 2.65. The Hall–Kier alpha value is -7.22. The molecule has 0 fully saturated rings. The van der Waals surface area contributed by atoms with E-state index in [0.29, 0.717) is 0 Å². The molecule has 0 radical (unpaired) electrons. The van der Waals surface area contributed by atoms with Crippen molar-refractivity contribution in [3.05, 3.63) is 255 Å². The second-order valence-corrected chi connectivity index (χ2v) is 23.0. The molecule has 0 saturated heterocycles. The lowest BCUT2D eigenvalue weighted by Crippen LogP contribution is -2.26. The van der Waals surface area contributed by atoms with Gasteiger partial charge in [-0.2, -0.15) is 0 Å². The number of benzene rings is 9. The topological polar surface area (TPSA) is 3.24 Å². The molecule has 0 bridgehead atoms. The standard InChI is InChI=1S/C68H59N/c1-64(2,3)43-31-34-53-59(37-43)67(9,42-21-11-10-12-22-42)61-38-44(65(4,5)6)39-62(63(53)61)69(45-32-35-51-47-23-13-17-27-54(47)66(7,8)58(51)40-45)46-33-36-52-50-26-16-20-30-57(50)68(60(52)41-46)55-28-18-14-24-48(55)49-25-15-19-29-56(49)68/h10-41H,1-9H3. The summed E-state index contributed by atoms with van der Waals surface area (Å²) in [5, 5.41) is 0. The molecular weight excluding hydrogens is 831 g/mol. The minimum atomic E-state index is -0.473. The zero-order valence-corrected chi connectivity index (χ0v) is 41.4. The predicted octanol–water partition coefficient (Wildman–Crippen LogP) is 17.7. The van der Waals surface area contributed by atoms with Gasteiger partial charge in [0, 0.05) is 27.8 Å². The van der Waals surface area contributed by atoms with Crippen molar-refractivity contribution < 1.29 is 0 Å². The van der Waals surface area contributed by atoms with Crippen LogP contribution in [0.2, 0.25) is 0 Å². The maximum Gasteiger partial charge on any atom is 0.0726 e. The van der Waals surface area contributed by atoms with E-state index in [1.165, 1.54) is 117 Å². The average molecular weight is 890 g/mol. The van der Waals surface area contributed by atoms with Gasteiger partial charge in [-0.25, -0.2) is 0 Å². The van der Waals surface area contributed by atoms with Crippen molar-refractivity contribution in [2.45, 2.75) is 89.4 Å². The molecule has 0 saturated carbocycles. The molecule has 1 heteroatoms. The molecule has 0 amide bonds. The van der Waals surface area contributed by atoms with Gasteiger partial charge in [0.1, 0.15) is 0 Å². The van der Waals surface area contributed by atoms with E-state index in [9.17, 15) is 0 Å². The van der Waals surface area contributed by atoms with Gasteiger partial charge in [0.05, 0.1) is 11.1 Å². The van der Waals surface area contributed by atoms with Crippen molar-refractivity contribution >= 4 is 17.1 Å². The Kier molecular flexibility index (Phi) is 8.61. The Labute approximate surface area is 409 Å². The molecule has 1 atom stereocenters. The van der Waals surface area contributed by atoms with Crippen LogP contribution >= 0.6 is 0 Å². The van der Waals surface area contributed by atoms with Crippen LogP contribution in [0, 0.1) is 0 Å². The monoisotopic (exact) mass is 889 g/mol. The first-order chi connectivity index (χ1) is 33.1. The van der Waals surface area contributed by atoms with E-state index in [1.807, 2.05) is 0 Å². The molecule has 4 aliphatic carbocycles. The average Bonchev–Trinajstić information content (AvgIpc) is 3.99. The fourth-order valence-corrected chi connectivity index (χ4v) is 13.3. The summed E-state index contributed by atoms with van der Waals surface area (Å²) >= 11 is 0. The van der Waals surface area contributed by atoms with Gasteiger partial charge in [-0.15, -0.1) is 0 Å². The number of hydrogen-bond acceptors (Lipinski definition) is 1. The summed E-state index contributed by atoms with van der Waals surface area (Å²) < 4.78 is 0. The minimum absolute atomic E-state index is 0.0168. The normalized spacial score (nSPS) is 17.1. The van der Waals surface area contributed by atoms with Crippen LogP contribution in [0.4, 0.5) is 17.1 Å². The SMILES string of the molecule is CC(C)(C)c1ccc2c(c1)C(C)(c1ccccc1)c1cc(C(C)(C)C)cc(N(c3ccc4c(c3)C(C)(C)c3ccccc3-4)c3ccc4c(c3)C3(c5ccccc5-c5ccccc53)c3ccccc3-4)c1-2. The lowest BCUT2D eigenvalue weighted by atomic mass is 9.70. The molecule has 9 aromatic carbocycles. The first-order valence-corrected chi connectivity index (χ1v) is 25.0. The molecule has 0 aliphatic heterocycles. The molecule has 69 heavy (non-hydrogen) atoms. The Bertz CT molecular complexity index is 3560. The maximum atomic E-state index is 2.65. The van der Waals surface area contributed by atoms with Crippen LogP contribution in [0.3, 0.4) is 0 Å². The molecular formula is C68H59N. The molecule has 1 nitrogen and oxygen atoms in total. The summed E-state index contributed by atoms with van der Waals surface area (Å²) in [5.41, 5.74) is 27.7. The van der Waals surface area contributed by atoms with Crippen molar-refractivity contribution in [1.29, 1.82) is 0 Å². The lowest BCUT2D eigenvalue weighted by molar-refractivity contribution is 0.584. The van der Waals surface area contributed by atoms with Crippen molar-refractivity contribution in [3.63, 3.8) is 0 Å². The number of nitrogens with zero attached hydrogens (tertiary/aromatic N) is 1. The third-order valence-electron chi connectivity index (χ3n) is 16.9. The zero-order chi connectivity index (χ0) is 47.4. The summed E-state index contributed by atoms with van der Waals surface area (Å²) in [6, 6.07) is 75.1. The third-order valence-corrected chi connectivity index (χ3v) is 16.9. The molecule has 0 heterocycles. The van der Waals surface area contributed by atoms with Crippen molar-refractivity contribution in [3.8, 4) is 44.5 Å².